The van der Waals surface area contributed by atoms with Crippen molar-refractivity contribution in [2.75, 3.05) is 6.61 Å². The van der Waals surface area contributed by atoms with Gasteiger partial charge in [-0.05, 0) is 42.5 Å². The number of hydrogen-bond acceptors (Lipinski definition) is 2. The van der Waals surface area contributed by atoms with E-state index in [9.17, 15) is 0 Å². The molecule has 1 unspecified atom stereocenters. The van der Waals surface area contributed by atoms with Crippen molar-refractivity contribution in [2.24, 2.45) is 0 Å². The van der Waals surface area contributed by atoms with Gasteiger partial charge in [0.05, 0.1) is 17.0 Å². The van der Waals surface area contributed by atoms with Crippen LogP contribution in [0.5, 0.6) is 5.75 Å². The molecule has 19 heavy (non-hydrogen) atoms. The number of alkyl halides is 1. The highest BCUT2D eigenvalue weighted by atomic mass is 79.9. The third-order valence-corrected chi connectivity index (χ3v) is 5.76. The quantitative estimate of drug-likeness (QED) is 0.574. The number of ether oxygens (including phenoxy) is 1. The molecule has 0 aliphatic rings. The lowest BCUT2D eigenvalue weighted by Gasteiger charge is -2.13. The maximum atomic E-state index is 6.54. The van der Waals surface area contributed by atoms with Gasteiger partial charge in [-0.3, -0.25) is 0 Å². The van der Waals surface area contributed by atoms with Gasteiger partial charge in [-0.1, -0.05) is 33.6 Å². The second-order valence-electron chi connectivity index (χ2n) is 4.08. The van der Waals surface area contributed by atoms with Crippen molar-refractivity contribution < 1.29 is 4.74 Å². The standard InChI is InChI=1S/C14H13BrCl2OS/c1-3-18-9-4-5-10(11(15)6-9)13(17)14-12(16)8(2)7-19-14/h4-7,13H,3H2,1-2H3. The van der Waals surface area contributed by atoms with E-state index in [0.717, 1.165) is 31.2 Å². The molecule has 0 bridgehead atoms. The molecule has 102 valence electrons. The average molecular weight is 380 g/mol. The van der Waals surface area contributed by atoms with Crippen LogP contribution in [0, 0.1) is 6.92 Å². The van der Waals surface area contributed by atoms with Gasteiger partial charge in [-0.25, -0.2) is 0 Å². The molecular weight excluding hydrogens is 367 g/mol. The largest absolute Gasteiger partial charge is 0.494 e. The first-order valence-corrected chi connectivity index (χ1v) is 8.33. The van der Waals surface area contributed by atoms with Crippen LogP contribution < -0.4 is 4.74 Å². The van der Waals surface area contributed by atoms with E-state index in [1.807, 2.05) is 37.4 Å². The topological polar surface area (TPSA) is 9.23 Å². The maximum absolute atomic E-state index is 6.54. The van der Waals surface area contributed by atoms with Gasteiger partial charge in [0.15, 0.2) is 0 Å². The molecule has 0 aliphatic heterocycles. The lowest BCUT2D eigenvalue weighted by molar-refractivity contribution is 0.340. The van der Waals surface area contributed by atoms with Crippen molar-refractivity contribution in [2.45, 2.75) is 19.2 Å². The second kappa shape index (κ2) is 6.49. The number of thiophene rings is 1. The Bertz CT molecular complexity index is 583. The fourth-order valence-electron chi connectivity index (χ4n) is 1.73. The minimum atomic E-state index is -0.253. The molecule has 0 saturated heterocycles. The highest BCUT2D eigenvalue weighted by Gasteiger charge is 2.20. The van der Waals surface area contributed by atoms with Gasteiger partial charge in [0.2, 0.25) is 0 Å². The van der Waals surface area contributed by atoms with Crippen molar-refractivity contribution >= 4 is 50.5 Å². The van der Waals surface area contributed by atoms with E-state index in [4.69, 9.17) is 27.9 Å². The normalized spacial score (nSPS) is 12.5. The summed E-state index contributed by atoms with van der Waals surface area (Å²) in [6.45, 7) is 4.59. The Morgan fingerprint density at radius 2 is 2.16 bits per heavy atom. The summed E-state index contributed by atoms with van der Waals surface area (Å²) in [5, 5.41) is 2.53. The molecule has 0 fully saturated rings. The Morgan fingerprint density at radius 3 is 2.68 bits per heavy atom. The number of benzene rings is 1. The van der Waals surface area contributed by atoms with E-state index in [-0.39, 0.29) is 5.38 Å². The molecule has 0 amide bonds. The maximum Gasteiger partial charge on any atom is 0.120 e. The SMILES string of the molecule is CCOc1ccc(C(Cl)c2scc(C)c2Cl)c(Br)c1. The van der Waals surface area contributed by atoms with Crippen LogP contribution in [0.3, 0.4) is 0 Å². The van der Waals surface area contributed by atoms with Crippen LogP contribution in [0.15, 0.2) is 28.1 Å². The van der Waals surface area contributed by atoms with Crippen LogP contribution in [0.25, 0.3) is 0 Å². The van der Waals surface area contributed by atoms with Gasteiger partial charge in [-0.15, -0.1) is 22.9 Å². The lowest BCUT2D eigenvalue weighted by atomic mass is 10.1. The molecule has 1 heterocycles. The van der Waals surface area contributed by atoms with Gasteiger partial charge < -0.3 is 4.74 Å². The van der Waals surface area contributed by atoms with Crippen LogP contribution in [-0.2, 0) is 0 Å². The van der Waals surface area contributed by atoms with E-state index in [2.05, 4.69) is 15.9 Å². The molecule has 1 aromatic carbocycles. The van der Waals surface area contributed by atoms with Crippen molar-refractivity contribution in [3.05, 3.63) is 49.1 Å². The molecule has 0 spiro atoms. The Morgan fingerprint density at radius 1 is 1.42 bits per heavy atom. The molecule has 1 atom stereocenters. The Hall–Kier alpha value is -0.220. The predicted octanol–water partition coefficient (Wildman–Crippen LogP) is 6.20. The molecule has 1 nitrogen and oxygen atoms in total. The summed E-state index contributed by atoms with van der Waals surface area (Å²) in [6, 6.07) is 5.83. The summed E-state index contributed by atoms with van der Waals surface area (Å²) in [6.07, 6.45) is 0. The van der Waals surface area contributed by atoms with Gasteiger partial charge in [0.1, 0.15) is 5.75 Å². The smallest absolute Gasteiger partial charge is 0.120 e. The molecular formula is C14H13BrCl2OS. The summed E-state index contributed by atoms with van der Waals surface area (Å²) in [5.74, 6) is 0.829. The number of rotatable bonds is 4. The van der Waals surface area contributed by atoms with Crippen molar-refractivity contribution in [3.63, 3.8) is 0 Å². The zero-order valence-electron chi connectivity index (χ0n) is 10.5. The third-order valence-electron chi connectivity index (χ3n) is 2.71. The van der Waals surface area contributed by atoms with Crippen molar-refractivity contribution in [1.29, 1.82) is 0 Å². The summed E-state index contributed by atoms with van der Waals surface area (Å²) in [4.78, 5) is 0.977. The fraction of sp³-hybridized carbons (Fsp3) is 0.286. The molecule has 0 N–H and O–H groups in total. The van der Waals surface area contributed by atoms with Gasteiger partial charge in [-0.2, -0.15) is 0 Å². The fourth-order valence-corrected chi connectivity index (χ4v) is 4.25. The van der Waals surface area contributed by atoms with Crippen LogP contribution in [0.1, 0.15) is 28.3 Å². The minimum absolute atomic E-state index is 0.253. The third kappa shape index (κ3) is 3.27. The summed E-state index contributed by atoms with van der Waals surface area (Å²) < 4.78 is 6.39. The van der Waals surface area contributed by atoms with Gasteiger partial charge in [0.25, 0.3) is 0 Å². The van der Waals surface area contributed by atoms with Gasteiger partial charge >= 0.3 is 0 Å². The lowest BCUT2D eigenvalue weighted by Crippen LogP contribution is -1.96. The van der Waals surface area contributed by atoms with Crippen LogP contribution in [0.4, 0.5) is 0 Å². The molecule has 5 heteroatoms. The first-order valence-electron chi connectivity index (χ1n) is 5.84. The molecule has 0 saturated carbocycles. The molecule has 0 radical (unpaired) electrons. The summed E-state index contributed by atoms with van der Waals surface area (Å²) in [5.41, 5.74) is 2.06. The van der Waals surface area contributed by atoms with E-state index >= 15 is 0 Å². The van der Waals surface area contributed by atoms with E-state index in [1.165, 1.54) is 0 Å². The first-order chi connectivity index (χ1) is 9.04. The zero-order valence-corrected chi connectivity index (χ0v) is 14.5. The van der Waals surface area contributed by atoms with Crippen LogP contribution >= 0.6 is 50.5 Å². The summed E-state index contributed by atoms with van der Waals surface area (Å²) >= 11 is 17.9. The second-order valence-corrected chi connectivity index (χ2v) is 6.66. The Balaban J connectivity index is 2.34. The zero-order chi connectivity index (χ0) is 14.0. The molecule has 1 aromatic heterocycles. The van der Waals surface area contributed by atoms with Gasteiger partial charge in [0, 0.05) is 9.35 Å². The van der Waals surface area contributed by atoms with E-state index in [0.29, 0.717) is 6.61 Å². The van der Waals surface area contributed by atoms with Crippen molar-refractivity contribution in [1.82, 2.24) is 0 Å². The van der Waals surface area contributed by atoms with Crippen LogP contribution in [0.2, 0.25) is 5.02 Å². The number of halogens is 3. The molecule has 2 aromatic rings. The first kappa shape index (κ1) is 15.2. The van der Waals surface area contributed by atoms with Crippen LogP contribution in [-0.4, -0.2) is 6.61 Å². The minimum Gasteiger partial charge on any atom is -0.494 e. The van der Waals surface area contributed by atoms with E-state index in [1.54, 1.807) is 11.3 Å². The molecule has 2 rings (SSSR count). The Kier molecular flexibility index (Phi) is 5.18. The summed E-state index contributed by atoms with van der Waals surface area (Å²) in [7, 11) is 0. The highest BCUT2D eigenvalue weighted by Crippen LogP contribution is 2.42. The monoisotopic (exact) mass is 378 g/mol. The molecule has 0 aliphatic carbocycles. The number of aryl methyl sites for hydroxylation is 1. The Labute approximate surface area is 135 Å². The highest BCUT2D eigenvalue weighted by molar-refractivity contribution is 9.10. The van der Waals surface area contributed by atoms with Crippen molar-refractivity contribution in [3.8, 4) is 5.75 Å². The van der Waals surface area contributed by atoms with E-state index < -0.39 is 0 Å². The number of hydrogen-bond donors (Lipinski definition) is 0. The predicted molar refractivity (Wildman–Crippen MR) is 87.1 cm³/mol. The average Bonchev–Trinajstić information content (AvgIpc) is 2.70.